The maximum absolute atomic E-state index is 11.7. The highest BCUT2D eigenvalue weighted by Gasteiger charge is 2.27. The standard InChI is InChI=1S/C10H20F3NO2/c1-3-9(2,4-6-15)14-5-7-16-8-10(11,12)13/h14-15H,3-8H2,1-2H3. The summed E-state index contributed by atoms with van der Waals surface area (Å²) in [6.07, 6.45) is -2.89. The summed E-state index contributed by atoms with van der Waals surface area (Å²) < 4.78 is 39.6. The van der Waals surface area contributed by atoms with Crippen molar-refractivity contribution in [3.8, 4) is 0 Å². The van der Waals surface area contributed by atoms with Crippen molar-refractivity contribution in [3.63, 3.8) is 0 Å². The minimum atomic E-state index is -4.26. The molecule has 0 radical (unpaired) electrons. The molecule has 0 fully saturated rings. The van der Waals surface area contributed by atoms with Crippen LogP contribution in [0.1, 0.15) is 26.7 Å². The highest BCUT2D eigenvalue weighted by molar-refractivity contribution is 4.80. The van der Waals surface area contributed by atoms with Gasteiger partial charge in [-0.15, -0.1) is 0 Å². The molecule has 0 amide bonds. The van der Waals surface area contributed by atoms with Gasteiger partial charge in [0, 0.05) is 18.7 Å². The molecule has 0 rings (SSSR count). The molecule has 0 aliphatic heterocycles. The van der Waals surface area contributed by atoms with Gasteiger partial charge in [0.2, 0.25) is 0 Å². The van der Waals surface area contributed by atoms with E-state index in [-0.39, 0.29) is 18.8 Å². The van der Waals surface area contributed by atoms with E-state index in [1.807, 2.05) is 13.8 Å². The average Bonchev–Trinajstić information content (AvgIpc) is 2.16. The number of alkyl halides is 3. The van der Waals surface area contributed by atoms with Crippen LogP contribution in [0.3, 0.4) is 0 Å². The molecule has 0 aromatic rings. The summed E-state index contributed by atoms with van der Waals surface area (Å²) in [5.41, 5.74) is -0.240. The lowest BCUT2D eigenvalue weighted by atomic mass is 9.95. The van der Waals surface area contributed by atoms with Crippen molar-refractivity contribution in [2.24, 2.45) is 0 Å². The summed E-state index contributed by atoms with van der Waals surface area (Å²) in [6.45, 7) is 3.09. The quantitative estimate of drug-likeness (QED) is 0.638. The first-order chi connectivity index (χ1) is 7.33. The Hall–Kier alpha value is -0.330. The van der Waals surface area contributed by atoms with Gasteiger partial charge in [0.25, 0.3) is 0 Å². The Bertz CT molecular complexity index is 187. The first kappa shape index (κ1) is 15.7. The van der Waals surface area contributed by atoms with Gasteiger partial charge in [-0.3, -0.25) is 0 Å². The van der Waals surface area contributed by atoms with Crippen molar-refractivity contribution in [1.82, 2.24) is 5.32 Å². The summed E-state index contributed by atoms with van der Waals surface area (Å²) in [7, 11) is 0. The second-order valence-corrected chi connectivity index (χ2v) is 3.98. The van der Waals surface area contributed by atoms with Crippen LogP contribution in [0.25, 0.3) is 0 Å². The van der Waals surface area contributed by atoms with Crippen LogP contribution >= 0.6 is 0 Å². The number of rotatable bonds is 8. The van der Waals surface area contributed by atoms with Crippen molar-refractivity contribution >= 4 is 0 Å². The lowest BCUT2D eigenvalue weighted by molar-refractivity contribution is -0.173. The molecule has 0 aliphatic carbocycles. The largest absolute Gasteiger partial charge is 0.411 e. The third-order valence-electron chi connectivity index (χ3n) is 2.51. The predicted octanol–water partition coefficient (Wildman–Crippen LogP) is 1.71. The molecule has 0 aliphatic rings. The molecule has 6 heteroatoms. The molecular formula is C10H20F3NO2. The number of hydrogen-bond acceptors (Lipinski definition) is 3. The van der Waals surface area contributed by atoms with E-state index in [9.17, 15) is 13.2 Å². The van der Waals surface area contributed by atoms with Crippen molar-refractivity contribution < 1.29 is 23.0 Å². The highest BCUT2D eigenvalue weighted by Crippen LogP contribution is 2.15. The molecule has 0 aromatic heterocycles. The van der Waals surface area contributed by atoms with E-state index in [1.165, 1.54) is 0 Å². The fourth-order valence-electron chi connectivity index (χ4n) is 1.25. The molecule has 1 atom stereocenters. The zero-order valence-electron chi connectivity index (χ0n) is 9.73. The summed E-state index contributed by atoms with van der Waals surface area (Å²) in [5, 5.41) is 11.9. The molecule has 0 aromatic carbocycles. The summed E-state index contributed by atoms with van der Waals surface area (Å²) in [6, 6.07) is 0. The SMILES string of the molecule is CCC(C)(CCO)NCCOCC(F)(F)F. The Kier molecular flexibility index (Phi) is 6.94. The van der Waals surface area contributed by atoms with Gasteiger partial charge >= 0.3 is 6.18 Å². The van der Waals surface area contributed by atoms with Gasteiger partial charge in [-0.2, -0.15) is 13.2 Å². The number of ether oxygens (including phenoxy) is 1. The Labute approximate surface area is 94.0 Å². The second kappa shape index (κ2) is 7.09. The average molecular weight is 243 g/mol. The van der Waals surface area contributed by atoms with Crippen LogP contribution in [-0.2, 0) is 4.74 Å². The minimum Gasteiger partial charge on any atom is -0.396 e. The van der Waals surface area contributed by atoms with Gasteiger partial charge in [0.1, 0.15) is 6.61 Å². The topological polar surface area (TPSA) is 41.5 Å². The smallest absolute Gasteiger partial charge is 0.396 e. The van der Waals surface area contributed by atoms with Gasteiger partial charge in [-0.25, -0.2) is 0 Å². The first-order valence-corrected chi connectivity index (χ1v) is 5.33. The van der Waals surface area contributed by atoms with Crippen LogP contribution in [-0.4, -0.2) is 43.2 Å². The van der Waals surface area contributed by atoms with Crippen molar-refractivity contribution in [1.29, 1.82) is 0 Å². The number of aliphatic hydroxyl groups is 1. The van der Waals surface area contributed by atoms with E-state index in [2.05, 4.69) is 10.1 Å². The van der Waals surface area contributed by atoms with E-state index in [1.54, 1.807) is 0 Å². The maximum atomic E-state index is 11.7. The fraction of sp³-hybridized carbons (Fsp3) is 1.00. The van der Waals surface area contributed by atoms with Crippen molar-refractivity contribution in [3.05, 3.63) is 0 Å². The second-order valence-electron chi connectivity index (χ2n) is 3.98. The number of hydrogen-bond donors (Lipinski definition) is 2. The monoisotopic (exact) mass is 243 g/mol. The normalized spacial score (nSPS) is 16.1. The van der Waals surface area contributed by atoms with Crippen molar-refractivity contribution in [2.75, 3.05) is 26.4 Å². The van der Waals surface area contributed by atoms with E-state index in [4.69, 9.17) is 5.11 Å². The fourth-order valence-corrected chi connectivity index (χ4v) is 1.25. The predicted molar refractivity (Wildman–Crippen MR) is 55.3 cm³/mol. The third-order valence-corrected chi connectivity index (χ3v) is 2.51. The van der Waals surface area contributed by atoms with Gasteiger partial charge in [-0.05, 0) is 19.8 Å². The number of halogens is 3. The molecule has 2 N–H and O–H groups in total. The summed E-state index contributed by atoms with van der Waals surface area (Å²) in [5.74, 6) is 0. The summed E-state index contributed by atoms with van der Waals surface area (Å²) >= 11 is 0. The van der Waals surface area contributed by atoms with Gasteiger partial charge in [0.05, 0.1) is 6.61 Å². The van der Waals surface area contributed by atoms with Crippen molar-refractivity contribution in [2.45, 2.75) is 38.4 Å². The molecular weight excluding hydrogens is 223 g/mol. The van der Waals surface area contributed by atoms with Gasteiger partial charge in [0.15, 0.2) is 0 Å². The molecule has 98 valence electrons. The van der Waals surface area contributed by atoms with E-state index < -0.39 is 12.8 Å². The Morgan fingerprint density at radius 1 is 1.31 bits per heavy atom. The molecule has 0 saturated carbocycles. The zero-order valence-corrected chi connectivity index (χ0v) is 9.73. The minimum absolute atomic E-state index is 0.0144. The Morgan fingerprint density at radius 2 is 1.94 bits per heavy atom. The lowest BCUT2D eigenvalue weighted by Gasteiger charge is -2.29. The molecule has 0 spiro atoms. The van der Waals surface area contributed by atoms with Crippen LogP contribution < -0.4 is 5.32 Å². The molecule has 1 unspecified atom stereocenters. The van der Waals surface area contributed by atoms with E-state index in [0.29, 0.717) is 13.0 Å². The molecule has 0 bridgehead atoms. The Morgan fingerprint density at radius 3 is 2.38 bits per heavy atom. The van der Waals surface area contributed by atoms with E-state index in [0.717, 1.165) is 6.42 Å². The highest BCUT2D eigenvalue weighted by atomic mass is 19.4. The number of aliphatic hydroxyl groups excluding tert-OH is 1. The van der Waals surface area contributed by atoms with Crippen LogP contribution in [0.5, 0.6) is 0 Å². The Balaban J connectivity index is 3.64. The third kappa shape index (κ3) is 7.90. The molecule has 0 heterocycles. The summed E-state index contributed by atoms with van der Waals surface area (Å²) in [4.78, 5) is 0. The van der Waals surface area contributed by atoms with Crippen LogP contribution in [0.4, 0.5) is 13.2 Å². The van der Waals surface area contributed by atoms with Crippen LogP contribution in [0.2, 0.25) is 0 Å². The molecule has 0 saturated heterocycles. The lowest BCUT2D eigenvalue weighted by Crippen LogP contribution is -2.44. The van der Waals surface area contributed by atoms with E-state index >= 15 is 0 Å². The van der Waals surface area contributed by atoms with Gasteiger partial charge in [-0.1, -0.05) is 6.92 Å². The number of nitrogens with one attached hydrogen (secondary N) is 1. The zero-order chi connectivity index (χ0) is 12.7. The molecule has 3 nitrogen and oxygen atoms in total. The first-order valence-electron chi connectivity index (χ1n) is 5.33. The van der Waals surface area contributed by atoms with Crippen LogP contribution in [0.15, 0.2) is 0 Å². The van der Waals surface area contributed by atoms with Crippen LogP contribution in [0, 0.1) is 0 Å². The maximum Gasteiger partial charge on any atom is 0.411 e. The van der Waals surface area contributed by atoms with Gasteiger partial charge < -0.3 is 15.2 Å². The molecule has 16 heavy (non-hydrogen) atoms.